The second kappa shape index (κ2) is 10.1. The summed E-state index contributed by atoms with van der Waals surface area (Å²) in [6.07, 6.45) is 1.17. The van der Waals surface area contributed by atoms with Gasteiger partial charge in [-0.1, -0.05) is 36.4 Å². The quantitative estimate of drug-likeness (QED) is 0.437. The molecule has 0 saturated heterocycles. The maximum absolute atomic E-state index is 12.4. The van der Waals surface area contributed by atoms with Crippen LogP contribution in [0.1, 0.15) is 19.3 Å². The maximum Gasteiger partial charge on any atom is 0.413 e. The van der Waals surface area contributed by atoms with Crippen molar-refractivity contribution in [2.45, 2.75) is 25.3 Å². The van der Waals surface area contributed by atoms with E-state index >= 15 is 0 Å². The molecule has 0 unspecified atom stereocenters. The molecule has 2 aromatic rings. The van der Waals surface area contributed by atoms with Crippen LogP contribution < -0.4 is 20.5 Å². The average molecular weight is 342 g/mol. The van der Waals surface area contributed by atoms with Gasteiger partial charge in [0.2, 0.25) is 0 Å². The van der Waals surface area contributed by atoms with Gasteiger partial charge in [-0.2, -0.15) is 0 Å². The van der Waals surface area contributed by atoms with Gasteiger partial charge in [-0.3, -0.25) is 0 Å². The number of hydrogen-bond acceptors (Lipinski definition) is 5. The van der Waals surface area contributed by atoms with E-state index in [2.05, 4.69) is 5.32 Å². The molecular formula is C19H22N2O4. The summed E-state index contributed by atoms with van der Waals surface area (Å²) in [6.45, 7) is 0.523. The number of nitrogens with two attached hydrogens (primary N) is 1. The molecule has 6 heteroatoms. The van der Waals surface area contributed by atoms with E-state index in [1.54, 1.807) is 48.5 Å². The minimum absolute atomic E-state index is 0.400. The SMILES string of the molecule is NCCCC[C@H](NC(=O)Oc1ccccc1)C(=O)Oc1ccccc1. The molecule has 2 rings (SSSR count). The highest BCUT2D eigenvalue weighted by Gasteiger charge is 2.23. The Bertz CT molecular complexity index is 662. The van der Waals surface area contributed by atoms with Crippen molar-refractivity contribution >= 4 is 12.1 Å². The van der Waals surface area contributed by atoms with E-state index in [1.165, 1.54) is 0 Å². The lowest BCUT2D eigenvalue weighted by atomic mass is 10.1. The van der Waals surface area contributed by atoms with Gasteiger partial charge in [0.1, 0.15) is 17.5 Å². The molecule has 0 aliphatic carbocycles. The van der Waals surface area contributed by atoms with Gasteiger partial charge in [-0.15, -0.1) is 0 Å². The highest BCUT2D eigenvalue weighted by atomic mass is 16.6. The van der Waals surface area contributed by atoms with Gasteiger partial charge in [0.05, 0.1) is 0 Å². The zero-order chi connectivity index (χ0) is 17.9. The first-order chi connectivity index (χ1) is 12.2. The van der Waals surface area contributed by atoms with Gasteiger partial charge in [0, 0.05) is 0 Å². The molecular weight excluding hydrogens is 320 g/mol. The summed E-state index contributed by atoms with van der Waals surface area (Å²) >= 11 is 0. The zero-order valence-electron chi connectivity index (χ0n) is 13.9. The van der Waals surface area contributed by atoms with Gasteiger partial charge >= 0.3 is 12.1 Å². The first-order valence-electron chi connectivity index (χ1n) is 8.19. The minimum atomic E-state index is -0.803. The van der Waals surface area contributed by atoms with E-state index in [0.29, 0.717) is 30.9 Å². The number of benzene rings is 2. The largest absolute Gasteiger partial charge is 0.425 e. The van der Waals surface area contributed by atoms with Crippen molar-refractivity contribution in [3.05, 3.63) is 60.7 Å². The van der Waals surface area contributed by atoms with Gasteiger partial charge in [0.15, 0.2) is 0 Å². The monoisotopic (exact) mass is 342 g/mol. The van der Waals surface area contributed by atoms with Gasteiger partial charge in [-0.05, 0) is 50.1 Å². The molecule has 0 aromatic heterocycles. The topological polar surface area (TPSA) is 90.6 Å². The molecule has 132 valence electrons. The Labute approximate surface area is 146 Å². The number of hydrogen-bond donors (Lipinski definition) is 2. The van der Waals surface area contributed by atoms with Crippen molar-refractivity contribution in [2.24, 2.45) is 5.73 Å². The van der Waals surface area contributed by atoms with Crippen molar-refractivity contribution in [1.82, 2.24) is 5.32 Å². The van der Waals surface area contributed by atoms with E-state index in [9.17, 15) is 9.59 Å². The first kappa shape index (κ1) is 18.5. The molecule has 2 aromatic carbocycles. The van der Waals surface area contributed by atoms with E-state index in [-0.39, 0.29) is 0 Å². The maximum atomic E-state index is 12.4. The number of ether oxygens (including phenoxy) is 2. The molecule has 0 fully saturated rings. The third kappa shape index (κ3) is 6.64. The molecule has 1 atom stereocenters. The molecule has 3 N–H and O–H groups in total. The number of carbonyl (C=O) groups is 2. The van der Waals surface area contributed by atoms with Gasteiger partial charge in [0.25, 0.3) is 0 Å². The molecule has 0 aliphatic heterocycles. The van der Waals surface area contributed by atoms with E-state index in [0.717, 1.165) is 6.42 Å². The average Bonchev–Trinajstić information content (AvgIpc) is 2.62. The Kier molecular flexibility index (Phi) is 7.46. The number of esters is 1. The number of rotatable bonds is 8. The van der Waals surface area contributed by atoms with E-state index in [4.69, 9.17) is 15.2 Å². The van der Waals surface area contributed by atoms with Crippen LogP contribution >= 0.6 is 0 Å². The predicted octanol–water partition coefficient (Wildman–Crippen LogP) is 2.88. The van der Waals surface area contributed by atoms with Crippen LogP contribution in [0.15, 0.2) is 60.7 Å². The molecule has 0 saturated carbocycles. The Morgan fingerprint density at radius 2 is 1.44 bits per heavy atom. The lowest BCUT2D eigenvalue weighted by Crippen LogP contribution is -2.44. The third-order valence-electron chi connectivity index (χ3n) is 3.44. The zero-order valence-corrected chi connectivity index (χ0v) is 13.9. The molecule has 6 nitrogen and oxygen atoms in total. The Balaban J connectivity index is 1.96. The summed E-state index contributed by atoms with van der Waals surface area (Å²) in [5.74, 6) is 0.292. The van der Waals surface area contributed by atoms with Crippen molar-refractivity contribution in [3.63, 3.8) is 0 Å². The standard InChI is InChI=1S/C19H22N2O4/c20-14-8-7-13-17(18(22)24-15-9-3-1-4-10-15)21-19(23)25-16-11-5-2-6-12-16/h1-6,9-12,17H,7-8,13-14,20H2,(H,21,23)/t17-/m0/s1. The number of nitrogens with one attached hydrogen (secondary N) is 1. The van der Waals surface area contributed by atoms with Crippen LogP contribution in [0.5, 0.6) is 11.5 Å². The normalized spacial score (nSPS) is 11.4. The van der Waals surface area contributed by atoms with Crippen molar-refractivity contribution < 1.29 is 19.1 Å². The lowest BCUT2D eigenvalue weighted by Gasteiger charge is -2.17. The van der Waals surface area contributed by atoms with Gasteiger partial charge < -0.3 is 20.5 Å². The number of carbonyl (C=O) groups excluding carboxylic acids is 2. The van der Waals surface area contributed by atoms with Crippen LogP contribution in [-0.4, -0.2) is 24.6 Å². The molecule has 25 heavy (non-hydrogen) atoms. The van der Waals surface area contributed by atoms with E-state index < -0.39 is 18.1 Å². The predicted molar refractivity (Wildman–Crippen MR) is 94.4 cm³/mol. The first-order valence-corrected chi connectivity index (χ1v) is 8.19. The molecule has 0 aliphatic rings. The summed E-state index contributed by atoms with van der Waals surface area (Å²) in [6, 6.07) is 16.6. The molecule has 0 heterocycles. The molecule has 0 spiro atoms. The second-order valence-electron chi connectivity index (χ2n) is 5.42. The van der Waals surface area contributed by atoms with Gasteiger partial charge in [-0.25, -0.2) is 9.59 Å². The van der Waals surface area contributed by atoms with Crippen molar-refractivity contribution in [3.8, 4) is 11.5 Å². The molecule has 0 radical (unpaired) electrons. The second-order valence-corrected chi connectivity index (χ2v) is 5.42. The van der Waals surface area contributed by atoms with Crippen LogP contribution in [0, 0.1) is 0 Å². The number of unbranched alkanes of at least 4 members (excludes halogenated alkanes) is 1. The van der Waals surface area contributed by atoms with Crippen molar-refractivity contribution in [1.29, 1.82) is 0 Å². The third-order valence-corrected chi connectivity index (χ3v) is 3.44. The highest BCUT2D eigenvalue weighted by Crippen LogP contribution is 2.12. The smallest absolute Gasteiger partial charge is 0.413 e. The summed E-state index contributed by atoms with van der Waals surface area (Å²) in [7, 11) is 0. The van der Waals surface area contributed by atoms with Crippen LogP contribution in [0.4, 0.5) is 4.79 Å². The summed E-state index contributed by atoms with van der Waals surface area (Å²) in [5, 5.41) is 2.57. The fraction of sp³-hybridized carbons (Fsp3) is 0.263. The lowest BCUT2D eigenvalue weighted by molar-refractivity contribution is -0.136. The van der Waals surface area contributed by atoms with Crippen LogP contribution in [0.3, 0.4) is 0 Å². The Morgan fingerprint density at radius 1 is 0.880 bits per heavy atom. The molecule has 1 amide bonds. The van der Waals surface area contributed by atoms with Crippen molar-refractivity contribution in [2.75, 3.05) is 6.54 Å². The Hall–Kier alpha value is -2.86. The van der Waals surface area contributed by atoms with E-state index in [1.807, 2.05) is 12.1 Å². The summed E-state index contributed by atoms with van der Waals surface area (Å²) in [5.41, 5.74) is 5.49. The number of para-hydroxylation sites is 2. The summed E-state index contributed by atoms with van der Waals surface area (Å²) < 4.78 is 10.5. The van der Waals surface area contributed by atoms with Crippen LogP contribution in [0.2, 0.25) is 0 Å². The number of amides is 1. The summed E-state index contributed by atoms with van der Waals surface area (Å²) in [4.78, 5) is 24.4. The fourth-order valence-corrected chi connectivity index (χ4v) is 2.18. The Morgan fingerprint density at radius 3 is 2.00 bits per heavy atom. The van der Waals surface area contributed by atoms with Crippen LogP contribution in [-0.2, 0) is 4.79 Å². The highest BCUT2D eigenvalue weighted by molar-refractivity contribution is 5.83. The fourth-order valence-electron chi connectivity index (χ4n) is 2.18. The van der Waals surface area contributed by atoms with Crippen LogP contribution in [0.25, 0.3) is 0 Å². The molecule has 0 bridgehead atoms. The minimum Gasteiger partial charge on any atom is -0.425 e.